The van der Waals surface area contributed by atoms with Gasteiger partial charge in [-0.3, -0.25) is 15.0 Å². The molecule has 0 aromatic heterocycles. The number of carbonyl (C=O) groups excluding carboxylic acids is 2. The number of halogens is 1. The van der Waals surface area contributed by atoms with Gasteiger partial charge >= 0.3 is 6.03 Å². The second-order valence-electron chi connectivity index (χ2n) is 4.95. The number of rotatable bonds is 2. The van der Waals surface area contributed by atoms with Crippen molar-refractivity contribution >= 4 is 23.5 Å². The lowest BCUT2D eigenvalue weighted by Crippen LogP contribution is -2.60. The number of nitrogens with one attached hydrogen (secondary N) is 1. The molecule has 98 valence electrons. The van der Waals surface area contributed by atoms with Gasteiger partial charge in [-0.2, -0.15) is 0 Å². The van der Waals surface area contributed by atoms with Crippen LogP contribution in [0.25, 0.3) is 0 Å². The number of likely N-dealkylation sites (N-methyl/N-ethyl adjacent to an activating group) is 1. The molecule has 1 heterocycles. The maximum atomic E-state index is 11.8. The van der Waals surface area contributed by atoms with E-state index >= 15 is 0 Å². The second-order valence-corrected chi connectivity index (χ2v) is 5.33. The van der Waals surface area contributed by atoms with Gasteiger partial charge < -0.3 is 4.90 Å². The third-order valence-electron chi connectivity index (χ3n) is 3.17. The Labute approximate surface area is 107 Å². The van der Waals surface area contributed by atoms with Crippen LogP contribution in [0.5, 0.6) is 0 Å². The molecular weight excluding hydrogens is 242 g/mol. The van der Waals surface area contributed by atoms with E-state index in [1.165, 1.54) is 0 Å². The van der Waals surface area contributed by atoms with Gasteiger partial charge in [0.2, 0.25) is 5.91 Å². The predicted octanol–water partition coefficient (Wildman–Crippen LogP) is 0.877. The maximum Gasteiger partial charge on any atom is 0.324 e. The Kier molecular flexibility index (Phi) is 4.77. The van der Waals surface area contributed by atoms with Crippen LogP contribution in [0.2, 0.25) is 0 Å². The average Bonchev–Trinajstić information content (AvgIpc) is 2.22. The molecule has 1 saturated heterocycles. The van der Waals surface area contributed by atoms with Crippen molar-refractivity contribution in [3.8, 4) is 0 Å². The molecular formula is C11H20ClN3O2. The van der Waals surface area contributed by atoms with E-state index in [1.54, 1.807) is 4.90 Å². The molecule has 1 N–H and O–H groups in total. The topological polar surface area (TPSA) is 52.6 Å². The lowest BCUT2D eigenvalue weighted by atomic mass is 10.0. The second kappa shape index (κ2) is 5.69. The zero-order valence-electron chi connectivity index (χ0n) is 10.6. The van der Waals surface area contributed by atoms with E-state index in [4.69, 9.17) is 11.6 Å². The molecule has 0 spiro atoms. The Balaban J connectivity index is 2.51. The first-order valence-electron chi connectivity index (χ1n) is 5.73. The van der Waals surface area contributed by atoms with E-state index < -0.39 is 0 Å². The number of nitrogens with zero attached hydrogens (tertiary/aromatic N) is 2. The number of piperazine rings is 1. The first-order valence-corrected chi connectivity index (χ1v) is 6.26. The van der Waals surface area contributed by atoms with Crippen LogP contribution < -0.4 is 5.32 Å². The highest BCUT2D eigenvalue weighted by Gasteiger charge is 2.33. The van der Waals surface area contributed by atoms with Crippen molar-refractivity contribution in [2.45, 2.75) is 25.8 Å². The SMILES string of the molecule is CN1CCN(C(=O)NC(=O)CCCl)CC1(C)C. The van der Waals surface area contributed by atoms with E-state index in [2.05, 4.69) is 24.1 Å². The van der Waals surface area contributed by atoms with Crippen molar-refractivity contribution < 1.29 is 9.59 Å². The number of carbonyl (C=O) groups is 2. The van der Waals surface area contributed by atoms with Crippen molar-refractivity contribution in [3.63, 3.8) is 0 Å². The Morgan fingerprint density at radius 1 is 1.35 bits per heavy atom. The number of amides is 3. The molecule has 17 heavy (non-hydrogen) atoms. The lowest BCUT2D eigenvalue weighted by Gasteiger charge is -2.45. The van der Waals surface area contributed by atoms with Crippen LogP contribution in [0, 0.1) is 0 Å². The molecule has 5 nitrogen and oxygen atoms in total. The molecule has 1 aliphatic heterocycles. The van der Waals surface area contributed by atoms with E-state index in [1.807, 2.05) is 7.05 Å². The molecule has 0 bridgehead atoms. The smallest absolute Gasteiger partial charge is 0.321 e. The number of alkyl halides is 1. The summed E-state index contributed by atoms with van der Waals surface area (Å²) in [5.41, 5.74) is -0.0644. The largest absolute Gasteiger partial charge is 0.324 e. The Morgan fingerprint density at radius 2 is 2.00 bits per heavy atom. The molecule has 0 aliphatic carbocycles. The monoisotopic (exact) mass is 261 g/mol. The Morgan fingerprint density at radius 3 is 2.53 bits per heavy atom. The molecule has 1 aliphatic rings. The van der Waals surface area contributed by atoms with Gasteiger partial charge in [0.15, 0.2) is 0 Å². The summed E-state index contributed by atoms with van der Waals surface area (Å²) in [6, 6.07) is -0.318. The van der Waals surface area contributed by atoms with Gasteiger partial charge in [-0.15, -0.1) is 11.6 Å². The number of hydrogen-bond donors (Lipinski definition) is 1. The van der Waals surface area contributed by atoms with Gasteiger partial charge in [0.05, 0.1) is 0 Å². The molecule has 0 saturated carbocycles. The van der Waals surface area contributed by atoms with Crippen molar-refractivity contribution in [1.82, 2.24) is 15.1 Å². The van der Waals surface area contributed by atoms with Crippen LogP contribution in [0.15, 0.2) is 0 Å². The molecule has 0 radical (unpaired) electrons. The minimum atomic E-state index is -0.318. The molecule has 0 atom stereocenters. The molecule has 0 aromatic rings. The van der Waals surface area contributed by atoms with Gasteiger partial charge in [0.1, 0.15) is 0 Å². The number of hydrogen-bond acceptors (Lipinski definition) is 3. The highest BCUT2D eigenvalue weighted by Crippen LogP contribution is 2.18. The van der Waals surface area contributed by atoms with Gasteiger partial charge in [0, 0.05) is 37.5 Å². The fourth-order valence-electron chi connectivity index (χ4n) is 1.76. The summed E-state index contributed by atoms with van der Waals surface area (Å²) in [6.07, 6.45) is 0.171. The lowest BCUT2D eigenvalue weighted by molar-refractivity contribution is -0.119. The van der Waals surface area contributed by atoms with Crippen LogP contribution in [-0.4, -0.2) is 59.8 Å². The van der Waals surface area contributed by atoms with Crippen molar-refractivity contribution in [1.29, 1.82) is 0 Å². The zero-order chi connectivity index (χ0) is 13.1. The molecule has 6 heteroatoms. The van der Waals surface area contributed by atoms with Crippen molar-refractivity contribution in [3.05, 3.63) is 0 Å². The van der Waals surface area contributed by atoms with Gasteiger partial charge in [-0.1, -0.05) is 0 Å². The highest BCUT2D eigenvalue weighted by atomic mass is 35.5. The molecule has 0 aromatic carbocycles. The van der Waals surface area contributed by atoms with E-state index in [0.717, 1.165) is 6.54 Å². The fraction of sp³-hybridized carbons (Fsp3) is 0.818. The molecule has 1 rings (SSSR count). The minimum absolute atomic E-state index is 0.0644. The van der Waals surface area contributed by atoms with Crippen LogP contribution in [0.3, 0.4) is 0 Å². The van der Waals surface area contributed by atoms with E-state index in [9.17, 15) is 9.59 Å². The standard InChI is InChI=1S/C11H20ClN3O2/c1-11(2)8-15(7-6-14(11)3)10(17)13-9(16)4-5-12/h4-8H2,1-3H3,(H,13,16,17). The summed E-state index contributed by atoms with van der Waals surface area (Å²) in [4.78, 5) is 27.0. The zero-order valence-corrected chi connectivity index (χ0v) is 11.4. The first kappa shape index (κ1) is 14.3. The Hall–Kier alpha value is -0.810. The van der Waals surface area contributed by atoms with Gasteiger partial charge in [-0.25, -0.2) is 4.79 Å². The third-order valence-corrected chi connectivity index (χ3v) is 3.36. The summed E-state index contributed by atoms with van der Waals surface area (Å²) in [5, 5.41) is 2.35. The Bertz CT molecular complexity index is 307. The van der Waals surface area contributed by atoms with Crippen LogP contribution in [0.4, 0.5) is 4.79 Å². The summed E-state index contributed by atoms with van der Waals surface area (Å²) < 4.78 is 0. The molecule has 1 fully saturated rings. The van der Waals surface area contributed by atoms with Crippen molar-refractivity contribution in [2.24, 2.45) is 0 Å². The third kappa shape index (κ3) is 3.85. The number of imide groups is 1. The maximum absolute atomic E-state index is 11.8. The first-order chi connectivity index (χ1) is 7.86. The summed E-state index contributed by atoms with van der Waals surface area (Å²) >= 11 is 5.44. The van der Waals surface area contributed by atoms with Crippen molar-refractivity contribution in [2.75, 3.05) is 32.6 Å². The fourth-order valence-corrected chi connectivity index (χ4v) is 1.93. The van der Waals surface area contributed by atoms with Crippen LogP contribution in [-0.2, 0) is 4.79 Å². The highest BCUT2D eigenvalue weighted by molar-refractivity contribution is 6.19. The quantitative estimate of drug-likeness (QED) is 0.751. The predicted molar refractivity (Wildman–Crippen MR) is 67.2 cm³/mol. The normalized spacial score (nSPS) is 20.1. The van der Waals surface area contributed by atoms with Gasteiger partial charge in [-0.05, 0) is 20.9 Å². The van der Waals surface area contributed by atoms with E-state index in [0.29, 0.717) is 13.1 Å². The summed E-state index contributed by atoms with van der Waals surface area (Å²) in [5.74, 6) is -0.0883. The minimum Gasteiger partial charge on any atom is -0.321 e. The van der Waals surface area contributed by atoms with Crippen LogP contribution in [0.1, 0.15) is 20.3 Å². The van der Waals surface area contributed by atoms with Crippen LogP contribution >= 0.6 is 11.6 Å². The molecule has 3 amide bonds. The van der Waals surface area contributed by atoms with E-state index in [-0.39, 0.29) is 29.8 Å². The molecule has 0 unspecified atom stereocenters. The summed E-state index contributed by atoms with van der Waals surface area (Å²) in [7, 11) is 2.04. The summed E-state index contributed by atoms with van der Waals surface area (Å²) in [6.45, 7) is 6.22. The van der Waals surface area contributed by atoms with Gasteiger partial charge in [0.25, 0.3) is 0 Å². The average molecular weight is 262 g/mol. The number of urea groups is 1.